The fourth-order valence-electron chi connectivity index (χ4n) is 1.20. The molecular weight excluding hydrogens is 206 g/mol. The summed E-state index contributed by atoms with van der Waals surface area (Å²) in [7, 11) is 0. The Morgan fingerprint density at radius 2 is 2.00 bits per heavy atom. The first-order valence-electron chi connectivity index (χ1n) is 5.33. The molecule has 0 spiro atoms. The summed E-state index contributed by atoms with van der Waals surface area (Å²) in [6.45, 7) is 2.94. The Labute approximate surface area is 95.5 Å². The van der Waals surface area contributed by atoms with Crippen LogP contribution in [0.25, 0.3) is 0 Å². The van der Waals surface area contributed by atoms with Gasteiger partial charge in [-0.05, 0) is 30.3 Å². The van der Waals surface area contributed by atoms with Crippen molar-refractivity contribution in [3.05, 3.63) is 30.3 Å². The smallest absolute Gasteiger partial charge is 0.283 e. The van der Waals surface area contributed by atoms with E-state index >= 15 is 0 Å². The summed E-state index contributed by atoms with van der Waals surface area (Å²) in [5.74, 6) is 0. The SMILES string of the molecule is CCCCCNC(=O)Sc1ccccc1. The molecule has 0 aliphatic heterocycles. The van der Waals surface area contributed by atoms with Gasteiger partial charge in [0.25, 0.3) is 5.24 Å². The molecule has 1 N–H and O–H groups in total. The van der Waals surface area contributed by atoms with Gasteiger partial charge in [-0.25, -0.2) is 0 Å². The van der Waals surface area contributed by atoms with Gasteiger partial charge < -0.3 is 5.32 Å². The van der Waals surface area contributed by atoms with E-state index in [1.165, 1.54) is 24.6 Å². The van der Waals surface area contributed by atoms with Gasteiger partial charge in [0.2, 0.25) is 0 Å². The standard InChI is InChI=1S/C12H17NOS/c1-2-3-7-10-13-12(14)15-11-8-5-4-6-9-11/h4-6,8-9H,2-3,7,10H2,1H3,(H,13,14). The maximum Gasteiger partial charge on any atom is 0.283 e. The first-order valence-corrected chi connectivity index (χ1v) is 6.15. The number of thioether (sulfide) groups is 1. The second kappa shape index (κ2) is 7.35. The van der Waals surface area contributed by atoms with Crippen LogP contribution in [-0.4, -0.2) is 11.8 Å². The van der Waals surface area contributed by atoms with Crippen molar-refractivity contribution < 1.29 is 4.79 Å². The lowest BCUT2D eigenvalue weighted by Crippen LogP contribution is -2.19. The lowest BCUT2D eigenvalue weighted by Gasteiger charge is -2.03. The highest BCUT2D eigenvalue weighted by atomic mass is 32.2. The maximum absolute atomic E-state index is 11.4. The van der Waals surface area contributed by atoms with Crippen LogP contribution >= 0.6 is 11.8 Å². The first-order chi connectivity index (χ1) is 7.33. The number of hydrogen-bond donors (Lipinski definition) is 1. The molecule has 82 valence electrons. The summed E-state index contributed by atoms with van der Waals surface area (Å²) in [5.41, 5.74) is 0. The Balaban J connectivity index is 2.19. The number of rotatable bonds is 5. The second-order valence-electron chi connectivity index (χ2n) is 3.34. The predicted octanol–water partition coefficient (Wildman–Crippen LogP) is 3.68. The van der Waals surface area contributed by atoms with E-state index < -0.39 is 0 Å². The molecular formula is C12H17NOS. The molecule has 0 radical (unpaired) electrons. The molecule has 0 atom stereocenters. The zero-order valence-corrected chi connectivity index (χ0v) is 9.85. The summed E-state index contributed by atoms with van der Waals surface area (Å²) in [6.07, 6.45) is 3.43. The number of carbonyl (C=O) groups is 1. The minimum atomic E-state index is 0.0392. The van der Waals surface area contributed by atoms with Crippen LogP contribution in [0.2, 0.25) is 0 Å². The summed E-state index contributed by atoms with van der Waals surface area (Å²) in [4.78, 5) is 12.4. The Morgan fingerprint density at radius 1 is 1.27 bits per heavy atom. The number of carbonyl (C=O) groups excluding carboxylic acids is 1. The largest absolute Gasteiger partial charge is 0.347 e. The summed E-state index contributed by atoms with van der Waals surface area (Å²) >= 11 is 1.25. The third kappa shape index (κ3) is 5.47. The molecule has 0 bridgehead atoms. The van der Waals surface area contributed by atoms with E-state index in [4.69, 9.17) is 0 Å². The van der Waals surface area contributed by atoms with E-state index in [1.807, 2.05) is 30.3 Å². The van der Waals surface area contributed by atoms with Crippen LogP contribution in [0, 0.1) is 0 Å². The number of benzene rings is 1. The van der Waals surface area contributed by atoms with Gasteiger partial charge in [0.05, 0.1) is 0 Å². The van der Waals surface area contributed by atoms with Crippen LogP contribution in [0.4, 0.5) is 4.79 Å². The van der Waals surface area contributed by atoms with Crippen molar-refractivity contribution >= 4 is 17.0 Å². The maximum atomic E-state index is 11.4. The van der Waals surface area contributed by atoms with Crippen molar-refractivity contribution in [3.63, 3.8) is 0 Å². The summed E-state index contributed by atoms with van der Waals surface area (Å²) in [6, 6.07) is 9.70. The van der Waals surface area contributed by atoms with Gasteiger partial charge in [0, 0.05) is 11.4 Å². The number of nitrogens with one attached hydrogen (secondary N) is 1. The average Bonchev–Trinajstić information content (AvgIpc) is 2.26. The molecule has 15 heavy (non-hydrogen) atoms. The topological polar surface area (TPSA) is 29.1 Å². The third-order valence-electron chi connectivity index (χ3n) is 2.00. The van der Waals surface area contributed by atoms with Crippen molar-refractivity contribution in [2.75, 3.05) is 6.54 Å². The minimum absolute atomic E-state index is 0.0392. The Bertz CT molecular complexity index is 287. The van der Waals surface area contributed by atoms with Crippen molar-refractivity contribution in [2.24, 2.45) is 0 Å². The van der Waals surface area contributed by atoms with Gasteiger partial charge in [-0.15, -0.1) is 0 Å². The molecule has 0 aliphatic rings. The van der Waals surface area contributed by atoms with Crippen LogP contribution in [-0.2, 0) is 0 Å². The summed E-state index contributed by atoms with van der Waals surface area (Å²) in [5, 5.41) is 2.93. The fraction of sp³-hybridized carbons (Fsp3) is 0.417. The molecule has 0 unspecified atom stereocenters. The van der Waals surface area contributed by atoms with Gasteiger partial charge in [-0.1, -0.05) is 38.0 Å². The van der Waals surface area contributed by atoms with Crippen LogP contribution in [0.5, 0.6) is 0 Å². The molecule has 0 saturated heterocycles. The van der Waals surface area contributed by atoms with Crippen molar-refractivity contribution in [1.82, 2.24) is 5.32 Å². The van der Waals surface area contributed by atoms with E-state index in [2.05, 4.69) is 12.2 Å². The molecule has 0 fully saturated rings. The molecule has 1 aromatic carbocycles. The lowest BCUT2D eigenvalue weighted by molar-refractivity contribution is 0.260. The summed E-state index contributed by atoms with van der Waals surface area (Å²) < 4.78 is 0. The van der Waals surface area contributed by atoms with Crippen molar-refractivity contribution in [2.45, 2.75) is 31.1 Å². The lowest BCUT2D eigenvalue weighted by atomic mass is 10.2. The molecule has 0 aliphatic carbocycles. The molecule has 1 aromatic rings. The van der Waals surface area contributed by atoms with Crippen LogP contribution in [0.1, 0.15) is 26.2 Å². The third-order valence-corrected chi connectivity index (χ3v) is 2.84. The van der Waals surface area contributed by atoms with E-state index in [-0.39, 0.29) is 5.24 Å². The van der Waals surface area contributed by atoms with Crippen molar-refractivity contribution in [3.8, 4) is 0 Å². The van der Waals surface area contributed by atoms with Crippen LogP contribution in [0.15, 0.2) is 35.2 Å². The Kier molecular flexibility index (Phi) is 5.93. The fourth-order valence-corrected chi connectivity index (χ4v) is 1.88. The van der Waals surface area contributed by atoms with Gasteiger partial charge in [-0.2, -0.15) is 0 Å². The molecule has 0 saturated carbocycles. The zero-order valence-electron chi connectivity index (χ0n) is 9.03. The first kappa shape index (κ1) is 12.1. The molecule has 1 amide bonds. The monoisotopic (exact) mass is 223 g/mol. The van der Waals surface area contributed by atoms with E-state index in [1.54, 1.807) is 0 Å². The van der Waals surface area contributed by atoms with E-state index in [0.29, 0.717) is 0 Å². The van der Waals surface area contributed by atoms with Gasteiger partial charge in [0.15, 0.2) is 0 Å². The number of amides is 1. The van der Waals surface area contributed by atoms with Crippen LogP contribution in [0.3, 0.4) is 0 Å². The van der Waals surface area contributed by atoms with Crippen LogP contribution < -0.4 is 5.32 Å². The normalized spacial score (nSPS) is 9.93. The molecule has 1 rings (SSSR count). The number of hydrogen-bond acceptors (Lipinski definition) is 2. The van der Waals surface area contributed by atoms with E-state index in [9.17, 15) is 4.79 Å². The highest BCUT2D eigenvalue weighted by Crippen LogP contribution is 2.17. The highest BCUT2D eigenvalue weighted by molar-refractivity contribution is 8.13. The average molecular weight is 223 g/mol. The van der Waals surface area contributed by atoms with Gasteiger partial charge in [-0.3, -0.25) is 4.79 Å². The quantitative estimate of drug-likeness (QED) is 0.609. The highest BCUT2D eigenvalue weighted by Gasteiger charge is 2.01. The molecule has 0 heterocycles. The van der Waals surface area contributed by atoms with Gasteiger partial charge in [0.1, 0.15) is 0 Å². The molecule has 2 nitrogen and oxygen atoms in total. The Morgan fingerprint density at radius 3 is 2.67 bits per heavy atom. The number of unbranched alkanes of at least 4 members (excludes halogenated alkanes) is 2. The Hall–Kier alpha value is -0.960. The second-order valence-corrected chi connectivity index (χ2v) is 4.38. The minimum Gasteiger partial charge on any atom is -0.347 e. The van der Waals surface area contributed by atoms with E-state index in [0.717, 1.165) is 17.9 Å². The molecule has 3 heteroatoms. The van der Waals surface area contributed by atoms with Gasteiger partial charge >= 0.3 is 0 Å². The van der Waals surface area contributed by atoms with Crippen molar-refractivity contribution in [1.29, 1.82) is 0 Å². The zero-order chi connectivity index (χ0) is 10.9. The predicted molar refractivity (Wildman–Crippen MR) is 65.2 cm³/mol. The molecule has 0 aromatic heterocycles.